The number of carbonyl (C=O) groups is 1. The second kappa shape index (κ2) is 2.48. The summed E-state index contributed by atoms with van der Waals surface area (Å²) < 4.78 is 21.7. The number of nitrogens with zero attached hydrogens (tertiary/aromatic N) is 1. The molecule has 1 rings (SSSR count). The van der Waals surface area contributed by atoms with Gasteiger partial charge in [-0.25, -0.2) is 0 Å². The summed E-state index contributed by atoms with van der Waals surface area (Å²) in [5.74, 6) is -1.05. The predicted molar refractivity (Wildman–Crippen MR) is 42.5 cm³/mol. The molecule has 1 aliphatic heterocycles. The van der Waals surface area contributed by atoms with E-state index in [4.69, 9.17) is 9.22 Å². The molecule has 3 heteroatoms. The normalized spacial score (nSPS) is 35.8. The molecule has 0 aromatic heterocycles. The van der Waals surface area contributed by atoms with Crippen molar-refractivity contribution in [1.29, 1.82) is 0 Å². The molecule has 1 atom stereocenters. The lowest BCUT2D eigenvalue weighted by molar-refractivity contribution is -0.141. The van der Waals surface area contributed by atoms with Gasteiger partial charge < -0.3 is 5.11 Å². The van der Waals surface area contributed by atoms with E-state index in [0.29, 0.717) is 13.0 Å². The van der Waals surface area contributed by atoms with Gasteiger partial charge in [0.1, 0.15) is 6.04 Å². The van der Waals surface area contributed by atoms with Gasteiger partial charge in [0.25, 0.3) is 0 Å². The fourth-order valence-corrected chi connectivity index (χ4v) is 1.49. The van der Waals surface area contributed by atoms with Crippen molar-refractivity contribution in [3.05, 3.63) is 0 Å². The molecule has 1 heterocycles. The molecule has 1 saturated heterocycles. The van der Waals surface area contributed by atoms with Crippen LogP contribution >= 0.6 is 0 Å². The molecule has 0 saturated carbocycles. The molecule has 0 radical (unpaired) electrons. The van der Waals surface area contributed by atoms with Crippen molar-refractivity contribution in [3.8, 4) is 0 Å². The lowest BCUT2D eigenvalue weighted by Gasteiger charge is -2.15. The van der Waals surface area contributed by atoms with Crippen molar-refractivity contribution in [2.45, 2.75) is 26.3 Å². The molecule has 0 aromatic carbocycles. The summed E-state index contributed by atoms with van der Waals surface area (Å²) in [6, 6.07) is -0.877. The van der Waals surface area contributed by atoms with Crippen LogP contribution in [0.15, 0.2) is 0 Å². The van der Waals surface area contributed by atoms with Crippen molar-refractivity contribution in [3.63, 3.8) is 0 Å². The molecule has 0 spiro atoms. The first-order valence-electron chi connectivity index (χ1n) is 5.13. The first-order valence-corrected chi connectivity index (χ1v) is 3.63. The molecule has 64 valence electrons. The summed E-state index contributed by atoms with van der Waals surface area (Å²) in [5, 5.41) is 8.89. The SMILES string of the molecule is [2H]C([2H])([2H])N1CC(C)(C)C[C@H]1C(=O)O. The van der Waals surface area contributed by atoms with Gasteiger partial charge in [0.2, 0.25) is 0 Å². The third kappa shape index (κ3) is 1.71. The Balaban J connectivity index is 2.89. The minimum atomic E-state index is -2.31. The zero-order chi connectivity index (χ0) is 11.1. The molecule has 0 aliphatic carbocycles. The number of likely N-dealkylation sites (tertiary alicyclic amines) is 1. The van der Waals surface area contributed by atoms with E-state index in [1.54, 1.807) is 0 Å². The number of carboxylic acids is 1. The largest absolute Gasteiger partial charge is 0.480 e. The topological polar surface area (TPSA) is 40.5 Å². The van der Waals surface area contributed by atoms with Crippen molar-refractivity contribution in [1.82, 2.24) is 4.90 Å². The van der Waals surface area contributed by atoms with Gasteiger partial charge in [-0.1, -0.05) is 13.8 Å². The van der Waals surface area contributed by atoms with Gasteiger partial charge in [-0.2, -0.15) is 0 Å². The Morgan fingerprint density at radius 1 is 1.82 bits per heavy atom. The Labute approximate surface area is 71.2 Å². The van der Waals surface area contributed by atoms with Crippen LogP contribution in [0.1, 0.15) is 24.4 Å². The minimum absolute atomic E-state index is 0.239. The van der Waals surface area contributed by atoms with E-state index in [1.165, 1.54) is 0 Å². The van der Waals surface area contributed by atoms with E-state index in [9.17, 15) is 4.79 Å². The fraction of sp³-hybridized carbons (Fsp3) is 0.875. The number of hydrogen-bond acceptors (Lipinski definition) is 2. The quantitative estimate of drug-likeness (QED) is 0.617. The first-order chi connectivity index (χ1) is 6.13. The van der Waals surface area contributed by atoms with Crippen molar-refractivity contribution in [2.75, 3.05) is 13.5 Å². The van der Waals surface area contributed by atoms with E-state index in [2.05, 4.69) is 0 Å². The molecule has 1 aliphatic rings. The molecule has 0 amide bonds. The summed E-state index contributed by atoms with van der Waals surface area (Å²) in [6.07, 6.45) is 0.390. The molecule has 1 N–H and O–H groups in total. The lowest BCUT2D eigenvalue weighted by Crippen LogP contribution is -2.32. The Kier molecular flexibility index (Phi) is 1.16. The lowest BCUT2D eigenvalue weighted by atomic mass is 9.91. The summed E-state index contributed by atoms with van der Waals surface area (Å²) >= 11 is 0. The third-order valence-corrected chi connectivity index (χ3v) is 2.01. The van der Waals surface area contributed by atoms with Crippen molar-refractivity contribution in [2.24, 2.45) is 5.41 Å². The Morgan fingerprint density at radius 2 is 2.45 bits per heavy atom. The average Bonchev–Trinajstić information content (AvgIpc) is 2.24. The third-order valence-electron chi connectivity index (χ3n) is 2.01. The number of rotatable bonds is 1. The second-order valence-electron chi connectivity index (χ2n) is 3.85. The van der Waals surface area contributed by atoms with Gasteiger partial charge in [0.15, 0.2) is 0 Å². The van der Waals surface area contributed by atoms with E-state index < -0.39 is 19.0 Å². The smallest absolute Gasteiger partial charge is 0.320 e. The predicted octanol–water partition coefficient (Wildman–Crippen LogP) is 0.801. The van der Waals surface area contributed by atoms with Gasteiger partial charge in [-0.05, 0) is 18.8 Å². The van der Waals surface area contributed by atoms with Gasteiger partial charge in [-0.3, -0.25) is 9.69 Å². The van der Waals surface area contributed by atoms with Gasteiger partial charge in [0.05, 0.1) is 0 Å². The molecular formula is C8H15NO2. The molecule has 0 bridgehead atoms. The van der Waals surface area contributed by atoms with Gasteiger partial charge >= 0.3 is 5.97 Å². The fourth-order valence-electron chi connectivity index (χ4n) is 1.49. The molecule has 0 aromatic rings. The highest BCUT2D eigenvalue weighted by Gasteiger charge is 2.38. The highest BCUT2D eigenvalue weighted by molar-refractivity contribution is 5.74. The van der Waals surface area contributed by atoms with E-state index in [1.807, 2.05) is 13.8 Å². The van der Waals surface area contributed by atoms with E-state index in [0.717, 1.165) is 4.90 Å². The minimum Gasteiger partial charge on any atom is -0.480 e. The summed E-state index contributed by atoms with van der Waals surface area (Å²) in [7, 11) is 0. The summed E-state index contributed by atoms with van der Waals surface area (Å²) in [6.45, 7) is 1.76. The number of carboxylic acid groups (broad SMARTS) is 1. The Bertz CT molecular complexity index is 249. The van der Waals surface area contributed by atoms with Crippen molar-refractivity contribution >= 4 is 5.97 Å². The van der Waals surface area contributed by atoms with Crippen LogP contribution in [0, 0.1) is 5.41 Å². The summed E-state index contributed by atoms with van der Waals surface area (Å²) in [5.41, 5.74) is -0.239. The second-order valence-corrected chi connectivity index (χ2v) is 3.85. The maximum absolute atomic E-state index is 10.9. The zero-order valence-electron chi connectivity index (χ0n) is 9.79. The Hall–Kier alpha value is -0.570. The Morgan fingerprint density at radius 3 is 2.82 bits per heavy atom. The summed E-state index contributed by atoms with van der Waals surface area (Å²) in [4.78, 5) is 11.9. The van der Waals surface area contributed by atoms with Crippen LogP contribution in [-0.2, 0) is 4.79 Å². The van der Waals surface area contributed by atoms with Gasteiger partial charge in [-0.15, -0.1) is 0 Å². The number of likely N-dealkylation sites (N-methyl/N-ethyl adjacent to an activating group) is 1. The van der Waals surface area contributed by atoms with Crippen LogP contribution in [0.5, 0.6) is 0 Å². The zero-order valence-corrected chi connectivity index (χ0v) is 6.79. The van der Waals surface area contributed by atoms with Crippen LogP contribution < -0.4 is 0 Å². The van der Waals surface area contributed by atoms with Crippen LogP contribution in [0.2, 0.25) is 0 Å². The molecule has 11 heavy (non-hydrogen) atoms. The van der Waals surface area contributed by atoms with Crippen LogP contribution in [0.4, 0.5) is 0 Å². The molecule has 3 nitrogen and oxygen atoms in total. The van der Waals surface area contributed by atoms with Crippen molar-refractivity contribution < 1.29 is 14.0 Å². The molecule has 1 fully saturated rings. The molecular weight excluding hydrogens is 142 g/mol. The van der Waals surface area contributed by atoms with E-state index in [-0.39, 0.29) is 5.41 Å². The first kappa shape index (κ1) is 5.14. The standard InChI is InChI=1S/C8H15NO2/c1-8(2)4-6(7(10)11)9(3)5-8/h6H,4-5H2,1-3H3,(H,10,11)/t6-/m0/s1/i3D3. The maximum atomic E-state index is 10.9. The highest BCUT2D eigenvalue weighted by Crippen LogP contribution is 2.32. The van der Waals surface area contributed by atoms with E-state index >= 15 is 0 Å². The number of aliphatic carboxylic acids is 1. The van der Waals surface area contributed by atoms with Crippen LogP contribution in [0.25, 0.3) is 0 Å². The van der Waals surface area contributed by atoms with Gasteiger partial charge in [0, 0.05) is 10.7 Å². The average molecular weight is 160 g/mol. The maximum Gasteiger partial charge on any atom is 0.320 e. The number of hydrogen-bond donors (Lipinski definition) is 1. The highest BCUT2D eigenvalue weighted by atomic mass is 16.4. The van der Waals surface area contributed by atoms with Crippen LogP contribution in [-0.4, -0.2) is 35.5 Å². The monoisotopic (exact) mass is 160 g/mol. The van der Waals surface area contributed by atoms with Crippen LogP contribution in [0.3, 0.4) is 0 Å². The molecule has 0 unspecified atom stereocenters.